The summed E-state index contributed by atoms with van der Waals surface area (Å²) in [5.74, 6) is 1.08. The molecule has 1 saturated heterocycles. The number of carbonyl (C=O) groups excluding carboxylic acids is 1. The van der Waals surface area contributed by atoms with Crippen molar-refractivity contribution in [2.24, 2.45) is 11.3 Å². The molecule has 2 heterocycles. The Balaban J connectivity index is 1.40. The summed E-state index contributed by atoms with van der Waals surface area (Å²) in [6.07, 6.45) is 6.37. The first-order valence-electron chi connectivity index (χ1n) is 7.77. The highest BCUT2D eigenvalue weighted by molar-refractivity contribution is 5.95. The topological polar surface area (TPSA) is 67.2 Å². The monoisotopic (exact) mass is 297 g/mol. The number of carbonyl (C=O) groups is 1. The predicted octanol–water partition coefficient (Wildman–Crippen LogP) is 2.67. The van der Waals surface area contributed by atoms with Crippen molar-refractivity contribution in [2.75, 3.05) is 18.4 Å². The maximum Gasteiger partial charge on any atom is 0.228 e. The van der Waals surface area contributed by atoms with E-state index in [1.54, 1.807) is 6.20 Å². The van der Waals surface area contributed by atoms with Gasteiger partial charge in [0.05, 0.1) is 6.20 Å². The van der Waals surface area contributed by atoms with Crippen molar-refractivity contribution < 1.29 is 9.21 Å². The molecule has 0 bridgehead atoms. The van der Waals surface area contributed by atoms with Crippen molar-refractivity contribution in [3.8, 4) is 11.3 Å². The van der Waals surface area contributed by atoms with Crippen molar-refractivity contribution >= 4 is 11.6 Å². The zero-order chi connectivity index (χ0) is 15.0. The van der Waals surface area contributed by atoms with E-state index in [-0.39, 0.29) is 17.2 Å². The van der Waals surface area contributed by atoms with Crippen molar-refractivity contribution in [3.63, 3.8) is 0 Å². The van der Waals surface area contributed by atoms with Gasteiger partial charge >= 0.3 is 0 Å². The second-order valence-electron chi connectivity index (χ2n) is 6.30. The van der Waals surface area contributed by atoms with Gasteiger partial charge in [-0.05, 0) is 62.0 Å². The number of piperidine rings is 1. The first-order valence-corrected chi connectivity index (χ1v) is 7.77. The Morgan fingerprint density at radius 3 is 2.73 bits per heavy atom. The Hall–Kier alpha value is -2.14. The van der Waals surface area contributed by atoms with E-state index in [1.165, 1.54) is 6.39 Å². The number of aromatic nitrogens is 1. The molecule has 2 aromatic rings. The summed E-state index contributed by atoms with van der Waals surface area (Å²) in [6, 6.07) is 7.69. The molecule has 114 valence electrons. The molecule has 5 nitrogen and oxygen atoms in total. The molecule has 1 saturated carbocycles. The number of amides is 1. The summed E-state index contributed by atoms with van der Waals surface area (Å²) >= 11 is 0. The molecule has 0 radical (unpaired) electrons. The minimum absolute atomic E-state index is 0.161. The Morgan fingerprint density at radius 2 is 2.05 bits per heavy atom. The molecule has 1 amide bonds. The van der Waals surface area contributed by atoms with Gasteiger partial charge in [0.2, 0.25) is 5.91 Å². The number of nitrogens with zero attached hydrogens (tertiary/aromatic N) is 1. The smallest absolute Gasteiger partial charge is 0.228 e. The lowest BCUT2D eigenvalue weighted by Gasteiger charge is -2.23. The largest absolute Gasteiger partial charge is 0.444 e. The standard InChI is InChI=1S/C17H19N3O2/c21-16(14-9-17(14)5-7-18-8-6-17)20-13-3-1-12(2-4-13)15-10-19-11-22-15/h1-4,10-11,14,18H,5-9H2,(H,20,21). The average molecular weight is 297 g/mol. The number of nitrogens with one attached hydrogen (secondary N) is 2. The summed E-state index contributed by atoms with van der Waals surface area (Å²) in [5.41, 5.74) is 2.07. The highest BCUT2D eigenvalue weighted by Crippen LogP contribution is 2.58. The molecule has 2 fully saturated rings. The van der Waals surface area contributed by atoms with Crippen LogP contribution in [-0.2, 0) is 4.79 Å². The normalized spacial score (nSPS) is 22.5. The Morgan fingerprint density at radius 1 is 1.27 bits per heavy atom. The van der Waals surface area contributed by atoms with Gasteiger partial charge in [0.15, 0.2) is 12.2 Å². The predicted molar refractivity (Wildman–Crippen MR) is 83.2 cm³/mol. The summed E-state index contributed by atoms with van der Waals surface area (Å²) in [7, 11) is 0. The van der Waals surface area contributed by atoms with Crippen LogP contribution in [0.25, 0.3) is 11.3 Å². The Bertz CT molecular complexity index is 658. The SMILES string of the molecule is O=C(Nc1ccc(-c2cnco2)cc1)C1CC12CCNCC2. The second kappa shape index (κ2) is 5.25. The molecule has 5 heteroatoms. The first-order chi connectivity index (χ1) is 10.8. The van der Waals surface area contributed by atoms with Crippen molar-refractivity contribution in [1.82, 2.24) is 10.3 Å². The third-order valence-corrected chi connectivity index (χ3v) is 4.97. The van der Waals surface area contributed by atoms with E-state index in [0.29, 0.717) is 0 Å². The fourth-order valence-corrected chi connectivity index (χ4v) is 3.50. The first kappa shape index (κ1) is 13.5. The maximum atomic E-state index is 12.4. The summed E-state index contributed by atoms with van der Waals surface area (Å²) in [4.78, 5) is 16.3. The number of oxazole rings is 1. The molecular weight excluding hydrogens is 278 g/mol. The van der Waals surface area contributed by atoms with Gasteiger partial charge in [-0.15, -0.1) is 0 Å². The summed E-state index contributed by atoms with van der Waals surface area (Å²) in [6.45, 7) is 2.07. The van der Waals surface area contributed by atoms with E-state index in [0.717, 1.165) is 49.4 Å². The molecule has 2 aliphatic rings. The molecule has 1 unspecified atom stereocenters. The maximum absolute atomic E-state index is 12.4. The number of anilines is 1. The average Bonchev–Trinajstić information content (AvgIpc) is 3.00. The summed E-state index contributed by atoms with van der Waals surface area (Å²) < 4.78 is 5.26. The molecule has 1 spiro atoms. The van der Waals surface area contributed by atoms with Crippen LogP contribution in [0.15, 0.2) is 41.3 Å². The lowest BCUT2D eigenvalue weighted by atomic mass is 9.92. The van der Waals surface area contributed by atoms with E-state index in [4.69, 9.17) is 4.42 Å². The lowest BCUT2D eigenvalue weighted by Crippen LogP contribution is -2.31. The Labute approximate surface area is 129 Å². The van der Waals surface area contributed by atoms with Crippen LogP contribution in [0.2, 0.25) is 0 Å². The highest BCUT2D eigenvalue weighted by Gasteiger charge is 2.57. The van der Waals surface area contributed by atoms with Crippen LogP contribution >= 0.6 is 0 Å². The van der Waals surface area contributed by atoms with Crippen molar-refractivity contribution in [3.05, 3.63) is 36.9 Å². The van der Waals surface area contributed by atoms with E-state index in [1.807, 2.05) is 24.3 Å². The zero-order valence-corrected chi connectivity index (χ0v) is 12.3. The van der Waals surface area contributed by atoms with E-state index in [2.05, 4.69) is 15.6 Å². The van der Waals surface area contributed by atoms with Crippen LogP contribution < -0.4 is 10.6 Å². The number of hydrogen-bond acceptors (Lipinski definition) is 4. The van der Waals surface area contributed by atoms with E-state index >= 15 is 0 Å². The van der Waals surface area contributed by atoms with Crippen LogP contribution in [-0.4, -0.2) is 24.0 Å². The molecule has 2 N–H and O–H groups in total. The van der Waals surface area contributed by atoms with Crippen LogP contribution in [0.5, 0.6) is 0 Å². The van der Waals surface area contributed by atoms with Gasteiger partial charge in [-0.25, -0.2) is 4.98 Å². The molecule has 1 atom stereocenters. The second-order valence-corrected chi connectivity index (χ2v) is 6.30. The fraction of sp³-hybridized carbons (Fsp3) is 0.412. The molecule has 1 aliphatic heterocycles. The number of benzene rings is 1. The molecule has 1 aromatic carbocycles. The highest BCUT2D eigenvalue weighted by atomic mass is 16.3. The van der Waals surface area contributed by atoms with Gasteiger partial charge in [-0.2, -0.15) is 0 Å². The van der Waals surface area contributed by atoms with Gasteiger partial charge in [0, 0.05) is 17.2 Å². The number of rotatable bonds is 3. The van der Waals surface area contributed by atoms with E-state index < -0.39 is 0 Å². The third kappa shape index (κ3) is 2.41. The van der Waals surface area contributed by atoms with Gasteiger partial charge < -0.3 is 15.1 Å². The fourth-order valence-electron chi connectivity index (χ4n) is 3.50. The van der Waals surface area contributed by atoms with Crippen LogP contribution in [0.1, 0.15) is 19.3 Å². The Kier molecular flexibility index (Phi) is 3.22. The third-order valence-electron chi connectivity index (χ3n) is 4.97. The zero-order valence-electron chi connectivity index (χ0n) is 12.3. The molecule has 4 rings (SSSR count). The van der Waals surface area contributed by atoms with Crippen LogP contribution in [0.4, 0.5) is 5.69 Å². The number of hydrogen-bond donors (Lipinski definition) is 2. The minimum Gasteiger partial charge on any atom is -0.444 e. The van der Waals surface area contributed by atoms with Crippen LogP contribution in [0.3, 0.4) is 0 Å². The van der Waals surface area contributed by atoms with Gasteiger partial charge in [0.25, 0.3) is 0 Å². The van der Waals surface area contributed by atoms with E-state index in [9.17, 15) is 4.79 Å². The molecule has 22 heavy (non-hydrogen) atoms. The van der Waals surface area contributed by atoms with Crippen LogP contribution in [0, 0.1) is 11.3 Å². The lowest BCUT2D eigenvalue weighted by molar-refractivity contribution is -0.118. The van der Waals surface area contributed by atoms with Gasteiger partial charge in [-0.3, -0.25) is 4.79 Å². The quantitative estimate of drug-likeness (QED) is 0.914. The molecular formula is C17H19N3O2. The van der Waals surface area contributed by atoms with Gasteiger partial charge in [0.1, 0.15) is 0 Å². The minimum atomic E-state index is 0.161. The van der Waals surface area contributed by atoms with Gasteiger partial charge in [-0.1, -0.05) is 0 Å². The molecule has 1 aliphatic carbocycles. The van der Waals surface area contributed by atoms with Crippen molar-refractivity contribution in [1.29, 1.82) is 0 Å². The van der Waals surface area contributed by atoms with Crippen molar-refractivity contribution in [2.45, 2.75) is 19.3 Å². The molecule has 1 aromatic heterocycles. The summed E-state index contributed by atoms with van der Waals surface area (Å²) in [5, 5.41) is 6.41.